The Morgan fingerprint density at radius 3 is 2.32 bits per heavy atom. The molecule has 0 aromatic carbocycles. The summed E-state index contributed by atoms with van der Waals surface area (Å²) in [4.78, 5) is 49.7. The lowest BCUT2D eigenvalue weighted by molar-refractivity contribution is -0.462. The number of ether oxygens (including phenoxy) is 1. The van der Waals surface area contributed by atoms with Gasteiger partial charge < -0.3 is 14.9 Å². The summed E-state index contributed by atoms with van der Waals surface area (Å²) in [5.74, 6) is -1.03. The zero-order valence-corrected chi connectivity index (χ0v) is 13.9. The van der Waals surface area contributed by atoms with Gasteiger partial charge in [0, 0.05) is 6.54 Å². The van der Waals surface area contributed by atoms with Crippen LogP contribution in [0.15, 0.2) is 0 Å². The van der Waals surface area contributed by atoms with Gasteiger partial charge in [-0.2, -0.15) is 0 Å². The highest BCUT2D eigenvalue weighted by Crippen LogP contribution is 2.42. The average molecular weight is 361 g/mol. The van der Waals surface area contributed by atoms with E-state index >= 15 is 0 Å². The number of hydrogen-bond donors (Lipinski definition) is 1. The molecule has 0 unspecified atom stereocenters. The number of amides is 1. The summed E-state index contributed by atoms with van der Waals surface area (Å²) in [5, 5.41) is 4.76. The zero-order chi connectivity index (χ0) is 17.5. The number of carbonyl (C=O) groups is 2. The van der Waals surface area contributed by atoms with Gasteiger partial charge in [-0.1, -0.05) is 11.6 Å². The highest BCUT2D eigenvalue weighted by Gasteiger charge is 2.53. The molecule has 3 aliphatic rings. The maximum Gasteiger partial charge on any atom is 0.346 e. The normalized spacial score (nSPS) is 23.4. The minimum absolute atomic E-state index is 0.298. The maximum atomic E-state index is 12.4. The molecule has 2 aliphatic heterocycles. The van der Waals surface area contributed by atoms with Gasteiger partial charge in [-0.05, 0) is 12.8 Å². The summed E-state index contributed by atoms with van der Waals surface area (Å²) in [6.45, 7) is 3.21. The van der Waals surface area contributed by atoms with Crippen molar-refractivity contribution >= 4 is 11.9 Å². The van der Waals surface area contributed by atoms with Crippen molar-refractivity contribution in [3.63, 3.8) is 0 Å². The van der Waals surface area contributed by atoms with E-state index in [1.807, 2.05) is 0 Å². The summed E-state index contributed by atoms with van der Waals surface area (Å²) >= 11 is 0. The molecule has 0 bridgehead atoms. The van der Waals surface area contributed by atoms with Crippen LogP contribution in [0.1, 0.15) is 19.3 Å². The topological polar surface area (TPSA) is 108 Å². The highest BCUT2D eigenvalue weighted by atomic mass is 17.2. The Morgan fingerprint density at radius 2 is 1.68 bits per heavy atom. The van der Waals surface area contributed by atoms with Crippen LogP contribution in [0.5, 0.6) is 0 Å². The molecule has 3 rings (SSSR count). The van der Waals surface area contributed by atoms with Crippen molar-refractivity contribution in [1.82, 2.24) is 15.9 Å². The van der Waals surface area contributed by atoms with Gasteiger partial charge >= 0.3 is 5.97 Å². The fourth-order valence-corrected chi connectivity index (χ4v) is 2.61. The van der Waals surface area contributed by atoms with E-state index in [1.165, 1.54) is 5.23 Å². The molecule has 11 heteroatoms. The van der Waals surface area contributed by atoms with Crippen LogP contribution in [0.4, 0.5) is 0 Å². The second-order valence-electron chi connectivity index (χ2n) is 5.80. The van der Waals surface area contributed by atoms with E-state index in [-0.39, 0.29) is 5.91 Å². The molecule has 3 fully saturated rings. The molecule has 2 heterocycles. The van der Waals surface area contributed by atoms with Crippen molar-refractivity contribution < 1.29 is 38.5 Å². The third kappa shape index (κ3) is 4.64. The van der Waals surface area contributed by atoms with Gasteiger partial charge in [-0.25, -0.2) is 14.5 Å². The molecule has 1 aliphatic carbocycles. The molecule has 0 radical (unpaired) electrons. The Morgan fingerprint density at radius 1 is 1.00 bits per heavy atom. The van der Waals surface area contributed by atoms with Crippen LogP contribution >= 0.6 is 0 Å². The SMILES string of the molecule is O=C(NCCOCCN1OCCO1)C1(C(=O)ON2OCCO2)CCC1. The van der Waals surface area contributed by atoms with Gasteiger partial charge in [0.25, 0.3) is 0 Å². The van der Waals surface area contributed by atoms with Crippen LogP contribution < -0.4 is 5.32 Å². The van der Waals surface area contributed by atoms with Crippen molar-refractivity contribution in [1.29, 1.82) is 0 Å². The monoisotopic (exact) mass is 361 g/mol. The van der Waals surface area contributed by atoms with Crippen molar-refractivity contribution in [3.8, 4) is 0 Å². The fraction of sp³-hybridized carbons (Fsp3) is 0.857. The van der Waals surface area contributed by atoms with Crippen LogP contribution in [0.2, 0.25) is 0 Å². The molecule has 142 valence electrons. The first-order valence-corrected chi connectivity index (χ1v) is 8.38. The Labute approximate surface area is 144 Å². The van der Waals surface area contributed by atoms with Gasteiger partial charge in [-0.3, -0.25) is 14.5 Å². The Bertz CT molecular complexity index is 461. The molecule has 11 nitrogen and oxygen atoms in total. The van der Waals surface area contributed by atoms with Crippen LogP contribution in [-0.4, -0.2) is 75.2 Å². The standard InChI is InChI=1S/C14H23N3O8/c18-12(15-4-6-20-7-5-16-21-8-9-22-16)14(2-1-3-14)13(19)25-17-23-10-11-24-17/h1-11H2,(H,15,18). The Hall–Kier alpha value is -1.34. The van der Waals surface area contributed by atoms with Gasteiger partial charge in [0.05, 0.1) is 33.0 Å². The predicted octanol–water partition coefficient (Wildman–Crippen LogP) is -0.895. The second-order valence-corrected chi connectivity index (χ2v) is 5.80. The average Bonchev–Trinajstić information content (AvgIpc) is 3.23. The number of nitrogens with one attached hydrogen (secondary N) is 1. The third-order valence-electron chi connectivity index (χ3n) is 4.17. The third-order valence-corrected chi connectivity index (χ3v) is 4.17. The second kappa shape index (κ2) is 8.85. The summed E-state index contributed by atoms with van der Waals surface area (Å²) in [6, 6.07) is 0. The first-order valence-electron chi connectivity index (χ1n) is 8.38. The molecule has 0 aromatic heterocycles. The molecule has 0 atom stereocenters. The lowest BCUT2D eigenvalue weighted by atomic mass is 9.68. The molecule has 1 saturated carbocycles. The summed E-state index contributed by atoms with van der Waals surface area (Å²) in [7, 11) is 0. The lowest BCUT2D eigenvalue weighted by Crippen LogP contribution is -2.53. The molecule has 2 saturated heterocycles. The van der Waals surface area contributed by atoms with Crippen LogP contribution in [0, 0.1) is 5.41 Å². The van der Waals surface area contributed by atoms with Crippen LogP contribution in [0.3, 0.4) is 0 Å². The lowest BCUT2D eigenvalue weighted by Gasteiger charge is -2.37. The fourth-order valence-electron chi connectivity index (χ4n) is 2.61. The van der Waals surface area contributed by atoms with Crippen molar-refractivity contribution in [3.05, 3.63) is 0 Å². The predicted molar refractivity (Wildman–Crippen MR) is 78.6 cm³/mol. The quantitative estimate of drug-likeness (QED) is 0.410. The number of hydroxylamine groups is 2. The molecule has 0 spiro atoms. The molecule has 25 heavy (non-hydrogen) atoms. The zero-order valence-electron chi connectivity index (χ0n) is 13.9. The summed E-state index contributed by atoms with van der Waals surface area (Å²) in [5.41, 5.74) is -1.17. The first-order chi connectivity index (χ1) is 12.2. The van der Waals surface area contributed by atoms with Crippen LogP contribution in [0.25, 0.3) is 0 Å². The van der Waals surface area contributed by atoms with E-state index in [4.69, 9.17) is 28.9 Å². The Balaban J connectivity index is 1.33. The van der Waals surface area contributed by atoms with Gasteiger partial charge in [0.15, 0.2) is 0 Å². The van der Waals surface area contributed by atoms with Gasteiger partial charge in [-0.15, -0.1) is 0 Å². The minimum atomic E-state index is -1.17. The molecule has 1 amide bonds. The van der Waals surface area contributed by atoms with E-state index in [2.05, 4.69) is 5.32 Å². The number of rotatable bonds is 9. The van der Waals surface area contributed by atoms with Gasteiger partial charge in [0.1, 0.15) is 24.0 Å². The molecule has 0 aromatic rings. The van der Waals surface area contributed by atoms with Crippen molar-refractivity contribution in [2.24, 2.45) is 5.41 Å². The first kappa shape index (κ1) is 18.5. The largest absolute Gasteiger partial charge is 0.378 e. The number of nitrogens with zero attached hydrogens (tertiary/aromatic N) is 2. The smallest absolute Gasteiger partial charge is 0.346 e. The maximum absolute atomic E-state index is 12.4. The van der Waals surface area contributed by atoms with Crippen molar-refractivity contribution in [2.75, 3.05) is 52.7 Å². The van der Waals surface area contributed by atoms with Gasteiger partial charge in [0.2, 0.25) is 5.91 Å². The van der Waals surface area contributed by atoms with Crippen LogP contribution in [-0.2, 0) is 38.5 Å². The van der Waals surface area contributed by atoms with Crippen molar-refractivity contribution in [2.45, 2.75) is 19.3 Å². The summed E-state index contributed by atoms with van der Waals surface area (Å²) < 4.78 is 5.40. The molecule has 1 N–H and O–H groups in total. The van der Waals surface area contributed by atoms with E-state index in [0.717, 1.165) is 6.42 Å². The summed E-state index contributed by atoms with van der Waals surface area (Å²) in [6.07, 6.45) is 1.67. The number of hydrogen-bond acceptors (Lipinski definition) is 10. The molecular formula is C14H23N3O8. The van der Waals surface area contributed by atoms with E-state index < -0.39 is 11.4 Å². The molecular weight excluding hydrogens is 338 g/mol. The van der Waals surface area contributed by atoms with E-state index in [0.29, 0.717) is 71.0 Å². The van der Waals surface area contributed by atoms with E-state index in [9.17, 15) is 9.59 Å². The highest BCUT2D eigenvalue weighted by molar-refractivity contribution is 6.03. The minimum Gasteiger partial charge on any atom is -0.378 e. The number of carbonyl (C=O) groups excluding carboxylic acids is 2. The Kier molecular flexibility index (Phi) is 6.53. The van der Waals surface area contributed by atoms with E-state index in [1.54, 1.807) is 0 Å².